The summed E-state index contributed by atoms with van der Waals surface area (Å²) < 4.78 is 12.2. The van der Waals surface area contributed by atoms with Crippen molar-refractivity contribution in [2.24, 2.45) is 5.41 Å². The molecule has 0 radical (unpaired) electrons. The van der Waals surface area contributed by atoms with Crippen LogP contribution in [0.5, 0.6) is 11.5 Å². The Balaban J connectivity index is 2.68. The highest BCUT2D eigenvalue weighted by Gasteiger charge is 2.24. The van der Waals surface area contributed by atoms with Crippen molar-refractivity contribution in [3.8, 4) is 11.5 Å². The highest BCUT2D eigenvalue weighted by molar-refractivity contribution is 5.97. The molecule has 0 amide bonds. The Morgan fingerprint density at radius 3 is 2.37 bits per heavy atom. The van der Waals surface area contributed by atoms with Gasteiger partial charge in [-0.05, 0) is 6.07 Å². The molecule has 0 atom stereocenters. The molecule has 0 spiro atoms. The van der Waals surface area contributed by atoms with E-state index in [-0.39, 0.29) is 5.91 Å². The van der Waals surface area contributed by atoms with E-state index in [4.69, 9.17) is 9.47 Å². The average Bonchev–Trinajstić information content (AvgIpc) is 2.78. The molecule has 0 saturated carbocycles. The largest absolute Gasteiger partial charge is 0.497 e. The van der Waals surface area contributed by atoms with Crippen LogP contribution in [0, 0.1) is 5.41 Å². The van der Waals surface area contributed by atoms with Gasteiger partial charge in [-0.25, -0.2) is 0 Å². The molecule has 19 heavy (non-hydrogen) atoms. The average molecular weight is 261 g/mol. The summed E-state index contributed by atoms with van der Waals surface area (Å²) in [5, 5.41) is 0.904. The Kier molecular flexibility index (Phi) is 3.27. The van der Waals surface area contributed by atoms with Gasteiger partial charge in [-0.3, -0.25) is 9.36 Å². The minimum absolute atomic E-state index is 0.0396. The van der Waals surface area contributed by atoms with E-state index in [9.17, 15) is 4.79 Å². The lowest BCUT2D eigenvalue weighted by atomic mass is 9.95. The summed E-state index contributed by atoms with van der Waals surface area (Å²) in [6, 6.07) is 5.55. The number of aromatic nitrogens is 1. The van der Waals surface area contributed by atoms with E-state index in [2.05, 4.69) is 0 Å². The van der Waals surface area contributed by atoms with Gasteiger partial charge in [-0.15, -0.1) is 0 Å². The second-order valence-electron chi connectivity index (χ2n) is 5.50. The van der Waals surface area contributed by atoms with Gasteiger partial charge in [0, 0.05) is 29.1 Å². The van der Waals surface area contributed by atoms with Crippen molar-refractivity contribution in [1.82, 2.24) is 4.57 Å². The third-order valence-electron chi connectivity index (χ3n) is 3.06. The van der Waals surface area contributed by atoms with Crippen molar-refractivity contribution < 1.29 is 14.3 Å². The summed E-state index contributed by atoms with van der Waals surface area (Å²) in [6.45, 7) is 5.70. The first-order valence-electron chi connectivity index (χ1n) is 6.16. The number of ether oxygens (including phenoxy) is 2. The molecule has 0 saturated heterocycles. The van der Waals surface area contributed by atoms with Crippen LogP contribution in [0.1, 0.15) is 25.6 Å². The molecule has 2 rings (SSSR count). The summed E-state index contributed by atoms with van der Waals surface area (Å²) in [6.07, 6.45) is 1.78. The topological polar surface area (TPSA) is 40.5 Å². The number of methoxy groups -OCH3 is 2. The number of nitrogens with zero attached hydrogens (tertiary/aromatic N) is 1. The maximum absolute atomic E-state index is 12.4. The number of rotatable bonds is 2. The minimum atomic E-state index is -0.442. The maximum atomic E-state index is 12.4. The molecule has 1 aromatic heterocycles. The molecule has 0 fully saturated rings. The molecule has 0 aliphatic heterocycles. The van der Waals surface area contributed by atoms with Crippen molar-refractivity contribution >= 4 is 16.8 Å². The van der Waals surface area contributed by atoms with E-state index in [0.717, 1.165) is 10.9 Å². The standard InChI is InChI=1S/C15H19NO3/c1-15(2,3)14(17)16-7-6-11-12(16)8-10(18-4)9-13(11)19-5/h6-9H,1-5H3. The number of hydrogen-bond acceptors (Lipinski definition) is 3. The van der Waals surface area contributed by atoms with Crippen LogP contribution in [0.15, 0.2) is 24.4 Å². The van der Waals surface area contributed by atoms with Gasteiger partial charge in [0.2, 0.25) is 5.91 Å². The summed E-state index contributed by atoms with van der Waals surface area (Å²) in [5.74, 6) is 1.42. The Hall–Kier alpha value is -1.97. The molecule has 0 aliphatic carbocycles. The van der Waals surface area contributed by atoms with E-state index in [0.29, 0.717) is 11.5 Å². The zero-order valence-corrected chi connectivity index (χ0v) is 12.0. The second kappa shape index (κ2) is 4.61. The fourth-order valence-electron chi connectivity index (χ4n) is 2.01. The van der Waals surface area contributed by atoms with Gasteiger partial charge in [0.25, 0.3) is 0 Å². The third kappa shape index (κ3) is 2.30. The minimum Gasteiger partial charge on any atom is -0.497 e. The van der Waals surface area contributed by atoms with Crippen LogP contribution in [0.2, 0.25) is 0 Å². The first-order valence-corrected chi connectivity index (χ1v) is 6.16. The lowest BCUT2D eigenvalue weighted by molar-refractivity contribution is 0.0772. The van der Waals surface area contributed by atoms with E-state index < -0.39 is 5.41 Å². The van der Waals surface area contributed by atoms with Crippen molar-refractivity contribution in [2.45, 2.75) is 20.8 Å². The monoisotopic (exact) mass is 261 g/mol. The zero-order chi connectivity index (χ0) is 14.2. The normalized spacial score (nSPS) is 11.6. The first-order chi connectivity index (χ1) is 8.88. The molecular weight excluding hydrogens is 242 g/mol. The van der Waals surface area contributed by atoms with Gasteiger partial charge in [0.05, 0.1) is 19.7 Å². The maximum Gasteiger partial charge on any atom is 0.236 e. The SMILES string of the molecule is COc1cc(OC)c2ccn(C(=O)C(C)(C)C)c2c1. The third-order valence-corrected chi connectivity index (χ3v) is 3.06. The molecule has 0 N–H and O–H groups in total. The summed E-state index contributed by atoms with van der Waals surface area (Å²) >= 11 is 0. The predicted molar refractivity (Wildman–Crippen MR) is 75.1 cm³/mol. The number of hydrogen-bond donors (Lipinski definition) is 0. The Labute approximate surface area is 112 Å². The molecule has 0 aliphatic rings. The van der Waals surface area contributed by atoms with Crippen LogP contribution in [0.25, 0.3) is 10.9 Å². The Bertz CT molecular complexity index is 620. The number of fused-ring (bicyclic) bond motifs is 1. The van der Waals surface area contributed by atoms with E-state index >= 15 is 0 Å². The Morgan fingerprint density at radius 2 is 1.84 bits per heavy atom. The molecule has 4 nitrogen and oxygen atoms in total. The van der Waals surface area contributed by atoms with Crippen LogP contribution in [-0.4, -0.2) is 24.7 Å². The van der Waals surface area contributed by atoms with Gasteiger partial charge in [0.1, 0.15) is 11.5 Å². The fraction of sp³-hybridized carbons (Fsp3) is 0.400. The molecule has 1 heterocycles. The Morgan fingerprint density at radius 1 is 1.16 bits per heavy atom. The van der Waals surface area contributed by atoms with Crippen LogP contribution < -0.4 is 9.47 Å². The van der Waals surface area contributed by atoms with Gasteiger partial charge in [-0.2, -0.15) is 0 Å². The molecule has 0 bridgehead atoms. The summed E-state index contributed by atoms with van der Waals surface area (Å²) in [4.78, 5) is 12.4. The van der Waals surface area contributed by atoms with Gasteiger partial charge >= 0.3 is 0 Å². The second-order valence-corrected chi connectivity index (χ2v) is 5.50. The smallest absolute Gasteiger partial charge is 0.236 e. The number of carbonyl (C=O) groups excluding carboxylic acids is 1. The lowest BCUT2D eigenvalue weighted by Crippen LogP contribution is -2.25. The molecule has 102 valence electrons. The number of benzene rings is 1. The highest BCUT2D eigenvalue weighted by atomic mass is 16.5. The van der Waals surface area contributed by atoms with Crippen LogP contribution in [-0.2, 0) is 0 Å². The highest BCUT2D eigenvalue weighted by Crippen LogP contribution is 2.33. The van der Waals surface area contributed by atoms with Gasteiger partial charge < -0.3 is 9.47 Å². The van der Waals surface area contributed by atoms with Crippen molar-refractivity contribution in [3.63, 3.8) is 0 Å². The zero-order valence-electron chi connectivity index (χ0n) is 12.0. The molecular formula is C15H19NO3. The van der Waals surface area contributed by atoms with Crippen molar-refractivity contribution in [3.05, 3.63) is 24.4 Å². The first kappa shape index (κ1) is 13.5. The fourth-order valence-corrected chi connectivity index (χ4v) is 2.01. The predicted octanol–water partition coefficient (Wildman–Crippen LogP) is 3.34. The van der Waals surface area contributed by atoms with E-state index in [1.54, 1.807) is 25.0 Å². The van der Waals surface area contributed by atoms with Crippen LogP contribution in [0.3, 0.4) is 0 Å². The summed E-state index contributed by atoms with van der Waals surface area (Å²) in [5.41, 5.74) is 0.360. The van der Waals surface area contributed by atoms with Gasteiger partial charge in [0.15, 0.2) is 0 Å². The molecule has 0 unspecified atom stereocenters. The molecule has 1 aromatic carbocycles. The summed E-state index contributed by atoms with van der Waals surface area (Å²) in [7, 11) is 3.20. The van der Waals surface area contributed by atoms with Crippen molar-refractivity contribution in [1.29, 1.82) is 0 Å². The van der Waals surface area contributed by atoms with Crippen LogP contribution in [0.4, 0.5) is 0 Å². The van der Waals surface area contributed by atoms with Gasteiger partial charge in [-0.1, -0.05) is 20.8 Å². The van der Waals surface area contributed by atoms with E-state index in [1.807, 2.05) is 39.0 Å². The van der Waals surface area contributed by atoms with Crippen molar-refractivity contribution in [2.75, 3.05) is 14.2 Å². The molecule has 4 heteroatoms. The molecule has 2 aromatic rings. The number of carbonyl (C=O) groups is 1. The quantitative estimate of drug-likeness (QED) is 0.832. The van der Waals surface area contributed by atoms with E-state index in [1.165, 1.54) is 0 Å². The lowest BCUT2D eigenvalue weighted by Gasteiger charge is -2.18. The van der Waals surface area contributed by atoms with Crippen LogP contribution >= 0.6 is 0 Å².